The number of aryl methyl sites for hydroxylation is 1. The van der Waals surface area contributed by atoms with Crippen molar-refractivity contribution >= 4 is 30.0 Å². The molecule has 0 aliphatic carbocycles. The first kappa shape index (κ1) is 18.3. The van der Waals surface area contributed by atoms with Gasteiger partial charge >= 0.3 is 11.9 Å². The van der Waals surface area contributed by atoms with Crippen LogP contribution in [0, 0.1) is 0 Å². The lowest BCUT2D eigenvalue weighted by atomic mass is 10.3. The second kappa shape index (κ2) is 9.25. The lowest BCUT2D eigenvalue weighted by Gasteiger charge is -2.09. The Labute approximate surface area is 124 Å². The van der Waals surface area contributed by atoms with Crippen LogP contribution in [0.2, 0.25) is 0 Å². The van der Waals surface area contributed by atoms with Gasteiger partial charge in [-0.15, -0.1) is 12.4 Å². The van der Waals surface area contributed by atoms with Crippen LogP contribution in [0.15, 0.2) is 12.3 Å². The molecule has 0 aliphatic rings. The normalized spacial score (nSPS) is 9.70. The van der Waals surface area contributed by atoms with Gasteiger partial charge in [-0.25, -0.2) is 4.79 Å². The summed E-state index contributed by atoms with van der Waals surface area (Å²) in [6, 6.07) is 1.65. The van der Waals surface area contributed by atoms with E-state index >= 15 is 0 Å². The number of ether oxygens (including phenoxy) is 2. The van der Waals surface area contributed by atoms with Crippen LogP contribution >= 0.6 is 12.4 Å². The maximum Gasteiger partial charge on any atom is 0.357 e. The van der Waals surface area contributed by atoms with Crippen LogP contribution in [0.1, 0.15) is 37.2 Å². The summed E-state index contributed by atoms with van der Waals surface area (Å²) in [4.78, 5) is 22.9. The number of carbonyl (C=O) groups is 2. The van der Waals surface area contributed by atoms with E-state index in [1.54, 1.807) is 30.7 Å². The average Bonchev–Trinajstić information content (AvgIpc) is 2.71. The van der Waals surface area contributed by atoms with Crippen LogP contribution in [0.4, 0.5) is 5.69 Å². The third-order valence-corrected chi connectivity index (χ3v) is 2.55. The van der Waals surface area contributed by atoms with Crippen LogP contribution < -0.4 is 5.73 Å². The number of nitrogen functional groups attached to an aromatic ring is 1. The molecule has 0 amide bonds. The van der Waals surface area contributed by atoms with E-state index in [1.165, 1.54) is 0 Å². The van der Waals surface area contributed by atoms with Crippen molar-refractivity contribution in [2.45, 2.75) is 33.2 Å². The molecule has 0 fully saturated rings. The van der Waals surface area contributed by atoms with Gasteiger partial charge in [-0.3, -0.25) is 4.79 Å². The fraction of sp³-hybridized carbons (Fsp3) is 0.538. The van der Waals surface area contributed by atoms with Crippen LogP contribution in [0.25, 0.3) is 0 Å². The number of nitrogens with two attached hydrogens (primary N) is 1. The van der Waals surface area contributed by atoms with E-state index in [0.717, 1.165) is 0 Å². The summed E-state index contributed by atoms with van der Waals surface area (Å²) in [5, 5.41) is 0. The molecule has 0 spiro atoms. The maximum atomic E-state index is 11.7. The van der Waals surface area contributed by atoms with Crippen molar-refractivity contribution in [1.29, 1.82) is 0 Å². The molecular formula is C13H21ClN2O4. The van der Waals surface area contributed by atoms with Gasteiger partial charge in [0.1, 0.15) is 0 Å². The van der Waals surface area contributed by atoms with Gasteiger partial charge in [0.25, 0.3) is 0 Å². The Morgan fingerprint density at radius 2 is 1.90 bits per heavy atom. The molecule has 6 nitrogen and oxygen atoms in total. The van der Waals surface area contributed by atoms with E-state index in [0.29, 0.717) is 44.0 Å². The predicted octanol–water partition coefficient (Wildman–Crippen LogP) is 2.01. The minimum Gasteiger partial charge on any atom is -0.466 e. The number of carbonyl (C=O) groups excluding carboxylic acids is 2. The number of hydrogen-bond donors (Lipinski definition) is 1. The number of hydrogen-bond acceptors (Lipinski definition) is 5. The van der Waals surface area contributed by atoms with Crippen LogP contribution in [-0.4, -0.2) is 29.7 Å². The van der Waals surface area contributed by atoms with Gasteiger partial charge < -0.3 is 19.8 Å². The van der Waals surface area contributed by atoms with Gasteiger partial charge in [0, 0.05) is 19.2 Å². The highest BCUT2D eigenvalue weighted by Crippen LogP contribution is 2.16. The van der Waals surface area contributed by atoms with E-state index in [2.05, 4.69) is 0 Å². The Morgan fingerprint density at radius 1 is 1.25 bits per heavy atom. The number of anilines is 1. The molecule has 7 heteroatoms. The van der Waals surface area contributed by atoms with E-state index in [1.807, 2.05) is 0 Å². The standard InChI is InChI=1S/C13H20N2O4.ClH/c1-3-18-11(16)6-5-8-15-9-7-10(14)12(15)13(17)19-4-2;/h7,9H,3-6,8,14H2,1-2H3;1H. The summed E-state index contributed by atoms with van der Waals surface area (Å²) < 4.78 is 11.5. The summed E-state index contributed by atoms with van der Waals surface area (Å²) in [6.45, 7) is 4.70. The zero-order chi connectivity index (χ0) is 14.3. The first-order valence-corrected chi connectivity index (χ1v) is 6.37. The molecule has 2 N–H and O–H groups in total. The topological polar surface area (TPSA) is 83.5 Å². The summed E-state index contributed by atoms with van der Waals surface area (Å²) >= 11 is 0. The maximum absolute atomic E-state index is 11.7. The van der Waals surface area contributed by atoms with Crippen molar-refractivity contribution in [1.82, 2.24) is 4.57 Å². The predicted molar refractivity (Wildman–Crippen MR) is 77.9 cm³/mol. The van der Waals surface area contributed by atoms with Crippen LogP contribution in [-0.2, 0) is 20.8 Å². The van der Waals surface area contributed by atoms with Crippen molar-refractivity contribution in [2.24, 2.45) is 0 Å². The van der Waals surface area contributed by atoms with Gasteiger partial charge in [-0.2, -0.15) is 0 Å². The van der Waals surface area contributed by atoms with E-state index in [4.69, 9.17) is 15.2 Å². The van der Waals surface area contributed by atoms with Gasteiger partial charge in [-0.05, 0) is 26.3 Å². The van der Waals surface area contributed by atoms with Gasteiger partial charge in [-0.1, -0.05) is 0 Å². The van der Waals surface area contributed by atoms with E-state index < -0.39 is 5.97 Å². The highest BCUT2D eigenvalue weighted by Gasteiger charge is 2.16. The average molecular weight is 305 g/mol. The number of rotatable bonds is 7. The summed E-state index contributed by atoms with van der Waals surface area (Å²) in [5.74, 6) is -0.679. The van der Waals surface area contributed by atoms with Crippen LogP contribution in [0.3, 0.4) is 0 Å². The Kier molecular flexibility index (Phi) is 8.47. The summed E-state index contributed by atoms with van der Waals surface area (Å²) in [7, 11) is 0. The smallest absolute Gasteiger partial charge is 0.357 e. The molecule has 0 atom stereocenters. The molecule has 0 unspecified atom stereocenters. The first-order chi connectivity index (χ1) is 9.10. The van der Waals surface area contributed by atoms with Gasteiger partial charge in [0.05, 0.1) is 18.9 Å². The Morgan fingerprint density at radius 3 is 2.50 bits per heavy atom. The second-order valence-corrected chi connectivity index (χ2v) is 3.94. The Balaban J connectivity index is 0.00000361. The molecule has 1 heterocycles. The number of aromatic nitrogens is 1. The minimum absolute atomic E-state index is 0. The number of esters is 2. The highest BCUT2D eigenvalue weighted by atomic mass is 35.5. The Hall–Kier alpha value is -1.69. The molecule has 0 bridgehead atoms. The van der Waals surface area contributed by atoms with Crippen molar-refractivity contribution in [2.75, 3.05) is 18.9 Å². The van der Waals surface area contributed by atoms with E-state index in [9.17, 15) is 9.59 Å². The monoisotopic (exact) mass is 304 g/mol. The molecule has 1 rings (SSSR count). The summed E-state index contributed by atoms with van der Waals surface area (Å²) in [5.41, 5.74) is 6.46. The molecule has 20 heavy (non-hydrogen) atoms. The number of halogens is 1. The fourth-order valence-electron chi connectivity index (χ4n) is 1.74. The van der Waals surface area contributed by atoms with Crippen molar-refractivity contribution in [3.05, 3.63) is 18.0 Å². The zero-order valence-corrected chi connectivity index (χ0v) is 12.6. The highest BCUT2D eigenvalue weighted by molar-refractivity contribution is 5.93. The Bertz CT molecular complexity index is 446. The third-order valence-electron chi connectivity index (χ3n) is 2.55. The SMILES string of the molecule is CCOC(=O)CCCn1ccc(N)c1C(=O)OCC.Cl. The zero-order valence-electron chi connectivity index (χ0n) is 11.8. The molecule has 1 aromatic rings. The molecule has 0 radical (unpaired) electrons. The third kappa shape index (κ3) is 5.13. The molecule has 0 aliphatic heterocycles. The van der Waals surface area contributed by atoms with E-state index in [-0.39, 0.29) is 18.4 Å². The lowest BCUT2D eigenvalue weighted by Crippen LogP contribution is -2.14. The molecule has 0 saturated heterocycles. The molecule has 114 valence electrons. The number of nitrogens with zero attached hydrogens (tertiary/aromatic N) is 1. The van der Waals surface area contributed by atoms with Crippen molar-refractivity contribution < 1.29 is 19.1 Å². The molecular weight excluding hydrogens is 284 g/mol. The quantitative estimate of drug-likeness (QED) is 0.779. The molecule has 1 aromatic heterocycles. The largest absolute Gasteiger partial charge is 0.466 e. The molecule has 0 aromatic carbocycles. The van der Waals surface area contributed by atoms with Crippen LogP contribution in [0.5, 0.6) is 0 Å². The lowest BCUT2D eigenvalue weighted by molar-refractivity contribution is -0.143. The van der Waals surface area contributed by atoms with Crippen molar-refractivity contribution in [3.8, 4) is 0 Å². The summed E-state index contributed by atoms with van der Waals surface area (Å²) in [6.07, 6.45) is 2.61. The fourth-order valence-corrected chi connectivity index (χ4v) is 1.74. The van der Waals surface area contributed by atoms with Gasteiger partial charge in [0.15, 0.2) is 5.69 Å². The van der Waals surface area contributed by atoms with Crippen molar-refractivity contribution in [3.63, 3.8) is 0 Å². The molecule has 0 saturated carbocycles. The second-order valence-electron chi connectivity index (χ2n) is 3.94. The van der Waals surface area contributed by atoms with Gasteiger partial charge in [0.2, 0.25) is 0 Å². The minimum atomic E-state index is -0.443. The first-order valence-electron chi connectivity index (χ1n) is 6.37.